The van der Waals surface area contributed by atoms with Gasteiger partial charge in [0.1, 0.15) is 5.01 Å². The lowest BCUT2D eigenvalue weighted by Gasteiger charge is -2.36. The molecule has 2 aliphatic rings. The van der Waals surface area contributed by atoms with Crippen molar-refractivity contribution in [2.24, 2.45) is 10.9 Å². The Morgan fingerprint density at radius 3 is 3.21 bits per heavy atom. The molecule has 3 nitrogen and oxygen atoms in total. The van der Waals surface area contributed by atoms with Crippen LogP contribution in [0.2, 0.25) is 0 Å². The number of nitrogens with one attached hydrogen (secondary N) is 1. The lowest BCUT2D eigenvalue weighted by molar-refractivity contribution is 0.242. The number of amidine groups is 1. The summed E-state index contributed by atoms with van der Waals surface area (Å²) >= 11 is 3.63. The van der Waals surface area contributed by atoms with E-state index in [2.05, 4.69) is 24.1 Å². The van der Waals surface area contributed by atoms with Gasteiger partial charge in [0.25, 0.3) is 0 Å². The van der Waals surface area contributed by atoms with Gasteiger partial charge in [-0.2, -0.15) is 0 Å². The summed E-state index contributed by atoms with van der Waals surface area (Å²) in [6.07, 6.45) is 7.28. The van der Waals surface area contributed by atoms with E-state index in [0.29, 0.717) is 5.54 Å². The number of rotatable bonds is 2. The van der Waals surface area contributed by atoms with E-state index in [0.717, 1.165) is 22.6 Å². The molecule has 1 aromatic rings. The van der Waals surface area contributed by atoms with Gasteiger partial charge in [-0.15, -0.1) is 11.3 Å². The summed E-state index contributed by atoms with van der Waals surface area (Å²) in [6, 6.07) is 0. The van der Waals surface area contributed by atoms with Crippen molar-refractivity contribution in [2.45, 2.75) is 51.6 Å². The zero-order valence-electron chi connectivity index (χ0n) is 11.6. The third kappa shape index (κ3) is 3.14. The van der Waals surface area contributed by atoms with Gasteiger partial charge in [0, 0.05) is 22.4 Å². The monoisotopic (exact) mass is 295 g/mol. The van der Waals surface area contributed by atoms with Gasteiger partial charge in [0.15, 0.2) is 5.17 Å². The molecule has 1 saturated carbocycles. The van der Waals surface area contributed by atoms with Gasteiger partial charge in [-0.25, -0.2) is 4.98 Å². The quantitative estimate of drug-likeness (QED) is 0.906. The first-order chi connectivity index (χ1) is 9.15. The summed E-state index contributed by atoms with van der Waals surface area (Å²) in [4.78, 5) is 10.3. The second-order valence-electron chi connectivity index (χ2n) is 5.88. The van der Waals surface area contributed by atoms with Gasteiger partial charge in [-0.3, -0.25) is 4.99 Å². The number of aromatic nitrogens is 1. The Morgan fingerprint density at radius 1 is 1.58 bits per heavy atom. The Morgan fingerprint density at radius 2 is 2.47 bits per heavy atom. The minimum absolute atomic E-state index is 0.333. The van der Waals surface area contributed by atoms with Gasteiger partial charge in [0.2, 0.25) is 0 Å². The van der Waals surface area contributed by atoms with Crippen LogP contribution < -0.4 is 5.32 Å². The molecule has 3 rings (SSSR count). The standard InChI is InChI=1S/C14H21N3S2/c1-10-4-3-5-14(6-10)9-18-13(17-14)16-8-12-15-7-11(2)19-12/h7,10H,3-6,8-9H2,1-2H3,(H,16,17). The van der Waals surface area contributed by atoms with Gasteiger partial charge >= 0.3 is 0 Å². The molecule has 104 valence electrons. The van der Waals surface area contributed by atoms with Crippen LogP contribution in [0.25, 0.3) is 0 Å². The van der Waals surface area contributed by atoms with Crippen LogP contribution in [-0.4, -0.2) is 21.4 Å². The van der Waals surface area contributed by atoms with E-state index in [1.807, 2.05) is 18.0 Å². The fourth-order valence-corrected chi connectivity index (χ4v) is 5.01. The molecule has 0 aromatic carbocycles. The van der Waals surface area contributed by atoms with Gasteiger partial charge in [0.05, 0.1) is 6.54 Å². The minimum atomic E-state index is 0.333. The van der Waals surface area contributed by atoms with Gasteiger partial charge in [-0.1, -0.05) is 31.5 Å². The van der Waals surface area contributed by atoms with E-state index in [4.69, 9.17) is 4.99 Å². The molecular formula is C14H21N3S2. The van der Waals surface area contributed by atoms with Crippen LogP contribution in [0, 0.1) is 12.8 Å². The molecule has 2 heterocycles. The Bertz CT molecular complexity index is 483. The van der Waals surface area contributed by atoms with Crippen molar-refractivity contribution in [1.82, 2.24) is 10.3 Å². The van der Waals surface area contributed by atoms with E-state index < -0.39 is 0 Å². The van der Waals surface area contributed by atoms with Crippen molar-refractivity contribution in [1.29, 1.82) is 0 Å². The summed E-state index contributed by atoms with van der Waals surface area (Å²) in [6.45, 7) is 5.19. The highest BCUT2D eigenvalue weighted by Crippen LogP contribution is 2.38. The predicted octanol–water partition coefficient (Wildman–Crippen LogP) is 3.59. The van der Waals surface area contributed by atoms with E-state index >= 15 is 0 Å². The molecule has 1 aliphatic heterocycles. The van der Waals surface area contributed by atoms with E-state index in [1.54, 1.807) is 11.3 Å². The molecular weight excluding hydrogens is 274 g/mol. The molecule has 1 saturated heterocycles. The summed E-state index contributed by atoms with van der Waals surface area (Å²) in [7, 11) is 0. The van der Waals surface area contributed by atoms with Crippen LogP contribution in [0.4, 0.5) is 0 Å². The normalized spacial score (nSPS) is 32.9. The molecule has 19 heavy (non-hydrogen) atoms. The Labute approximate surface area is 123 Å². The highest BCUT2D eigenvalue weighted by molar-refractivity contribution is 8.14. The molecule has 0 radical (unpaired) electrons. The largest absolute Gasteiger partial charge is 0.359 e. The number of hydrogen-bond donors (Lipinski definition) is 1. The highest BCUT2D eigenvalue weighted by Gasteiger charge is 2.40. The molecule has 2 atom stereocenters. The fraction of sp³-hybridized carbons (Fsp3) is 0.714. The zero-order valence-corrected chi connectivity index (χ0v) is 13.2. The number of aliphatic imine (C=N–C) groups is 1. The number of thioether (sulfide) groups is 1. The fourth-order valence-electron chi connectivity index (χ4n) is 3.11. The maximum absolute atomic E-state index is 4.70. The second-order valence-corrected chi connectivity index (χ2v) is 8.16. The average Bonchev–Trinajstić information content (AvgIpc) is 2.94. The number of hydrogen-bond acceptors (Lipinski definition) is 4. The Kier molecular flexibility index (Phi) is 3.85. The van der Waals surface area contributed by atoms with Crippen molar-refractivity contribution in [3.8, 4) is 0 Å². The van der Waals surface area contributed by atoms with Gasteiger partial charge < -0.3 is 5.32 Å². The maximum atomic E-state index is 4.70. The molecule has 1 spiro atoms. The smallest absolute Gasteiger partial charge is 0.157 e. The van der Waals surface area contributed by atoms with Crippen molar-refractivity contribution < 1.29 is 0 Å². The molecule has 2 unspecified atom stereocenters. The van der Waals surface area contributed by atoms with Gasteiger partial charge in [-0.05, 0) is 25.7 Å². The number of nitrogens with zero attached hydrogens (tertiary/aromatic N) is 2. The summed E-state index contributed by atoms with van der Waals surface area (Å²) < 4.78 is 0. The SMILES string of the molecule is Cc1cnc(CN=C2NC3(CCCC(C)C3)CS2)s1. The maximum Gasteiger partial charge on any atom is 0.157 e. The van der Waals surface area contributed by atoms with Crippen LogP contribution in [0.3, 0.4) is 0 Å². The van der Waals surface area contributed by atoms with Crippen molar-refractivity contribution >= 4 is 28.3 Å². The number of aryl methyl sites for hydroxylation is 1. The molecule has 5 heteroatoms. The zero-order chi connectivity index (χ0) is 13.3. The molecule has 2 fully saturated rings. The van der Waals surface area contributed by atoms with E-state index in [1.165, 1.54) is 36.3 Å². The van der Waals surface area contributed by atoms with Crippen LogP contribution in [-0.2, 0) is 6.54 Å². The lowest BCUT2D eigenvalue weighted by Crippen LogP contribution is -2.47. The number of thiazole rings is 1. The first kappa shape index (κ1) is 13.4. The summed E-state index contributed by atoms with van der Waals surface area (Å²) in [5.74, 6) is 2.04. The highest BCUT2D eigenvalue weighted by atomic mass is 32.2. The lowest BCUT2D eigenvalue weighted by atomic mass is 9.78. The summed E-state index contributed by atoms with van der Waals surface area (Å²) in [5, 5.41) is 5.95. The predicted molar refractivity (Wildman–Crippen MR) is 83.9 cm³/mol. The molecule has 1 N–H and O–H groups in total. The average molecular weight is 295 g/mol. The van der Waals surface area contributed by atoms with E-state index in [9.17, 15) is 0 Å². The second kappa shape index (κ2) is 5.44. The van der Waals surface area contributed by atoms with Crippen LogP contribution >= 0.6 is 23.1 Å². The summed E-state index contributed by atoms with van der Waals surface area (Å²) in [5.41, 5.74) is 0.333. The first-order valence-corrected chi connectivity index (χ1v) is 8.82. The van der Waals surface area contributed by atoms with Crippen molar-refractivity contribution in [3.63, 3.8) is 0 Å². The van der Waals surface area contributed by atoms with Crippen molar-refractivity contribution in [3.05, 3.63) is 16.1 Å². The topological polar surface area (TPSA) is 37.3 Å². The third-order valence-corrected chi connectivity index (χ3v) is 6.07. The molecule has 0 bridgehead atoms. The third-order valence-electron chi connectivity index (χ3n) is 3.98. The van der Waals surface area contributed by atoms with Crippen LogP contribution in [0.15, 0.2) is 11.2 Å². The minimum Gasteiger partial charge on any atom is -0.359 e. The molecule has 0 amide bonds. The molecule has 1 aromatic heterocycles. The first-order valence-electron chi connectivity index (χ1n) is 7.02. The Hall–Kier alpha value is -0.550. The van der Waals surface area contributed by atoms with Crippen molar-refractivity contribution in [2.75, 3.05) is 5.75 Å². The Balaban J connectivity index is 1.62. The molecule has 1 aliphatic carbocycles. The van der Waals surface area contributed by atoms with Crippen LogP contribution in [0.1, 0.15) is 42.5 Å². The van der Waals surface area contributed by atoms with Crippen LogP contribution in [0.5, 0.6) is 0 Å². The van der Waals surface area contributed by atoms with E-state index in [-0.39, 0.29) is 0 Å².